The smallest absolute Gasteiger partial charge is 0.217 e. The topological polar surface area (TPSA) is 55.1 Å². The number of carbonyl (C=O) groups excluding carboxylic acids is 1. The van der Waals surface area contributed by atoms with Crippen LogP contribution in [0.4, 0.5) is 0 Å². The molecule has 1 aliphatic carbocycles. The molecule has 0 atom stereocenters. The summed E-state index contributed by atoms with van der Waals surface area (Å²) in [6, 6.07) is 0.340. The first-order valence-corrected chi connectivity index (χ1v) is 4.56. The second-order valence-corrected chi connectivity index (χ2v) is 4.08. The van der Waals surface area contributed by atoms with Gasteiger partial charge in [-0.15, -0.1) is 0 Å². The molecule has 0 aromatic carbocycles. The molecule has 0 bridgehead atoms. The molecule has 0 spiro atoms. The van der Waals surface area contributed by atoms with Crippen LogP contribution in [0.5, 0.6) is 0 Å². The third-order valence-corrected chi connectivity index (χ3v) is 2.61. The van der Waals surface area contributed by atoms with Gasteiger partial charge in [-0.2, -0.15) is 0 Å². The standard InChI is InChI=1S/C9H18N2O/c1-7(12)11-9(2)5-3-8(10)4-6-9/h8H,3-6,10H2,1-2H3,(H,11,12). The van der Waals surface area contributed by atoms with Crippen LogP contribution in [0.3, 0.4) is 0 Å². The molecule has 3 N–H and O–H groups in total. The number of nitrogens with two attached hydrogens (primary N) is 1. The molecule has 12 heavy (non-hydrogen) atoms. The Hall–Kier alpha value is -0.570. The van der Waals surface area contributed by atoms with Gasteiger partial charge in [0.2, 0.25) is 5.91 Å². The molecule has 0 saturated heterocycles. The number of hydrogen-bond acceptors (Lipinski definition) is 2. The summed E-state index contributed by atoms with van der Waals surface area (Å²) in [4.78, 5) is 10.9. The average Bonchev–Trinajstić information content (AvgIpc) is 1.94. The quantitative estimate of drug-likeness (QED) is 0.611. The Labute approximate surface area is 73.7 Å². The van der Waals surface area contributed by atoms with Crippen molar-refractivity contribution in [1.82, 2.24) is 5.32 Å². The molecular weight excluding hydrogens is 152 g/mol. The summed E-state index contributed by atoms with van der Waals surface area (Å²) in [5.41, 5.74) is 5.78. The first kappa shape index (κ1) is 9.52. The first-order valence-electron chi connectivity index (χ1n) is 4.56. The molecule has 1 fully saturated rings. The highest BCUT2D eigenvalue weighted by molar-refractivity contribution is 5.73. The lowest BCUT2D eigenvalue weighted by atomic mass is 9.81. The van der Waals surface area contributed by atoms with Crippen molar-refractivity contribution in [3.05, 3.63) is 0 Å². The molecule has 0 aromatic rings. The minimum Gasteiger partial charge on any atom is -0.351 e. The van der Waals surface area contributed by atoms with Gasteiger partial charge in [-0.05, 0) is 32.6 Å². The average molecular weight is 170 g/mol. The van der Waals surface area contributed by atoms with Gasteiger partial charge in [-0.3, -0.25) is 4.79 Å². The fourth-order valence-electron chi connectivity index (χ4n) is 1.83. The molecular formula is C9H18N2O. The van der Waals surface area contributed by atoms with Gasteiger partial charge in [0, 0.05) is 18.5 Å². The maximum absolute atomic E-state index is 10.9. The van der Waals surface area contributed by atoms with E-state index in [-0.39, 0.29) is 11.4 Å². The molecule has 0 aliphatic heterocycles. The highest BCUT2D eigenvalue weighted by atomic mass is 16.1. The number of nitrogens with one attached hydrogen (secondary N) is 1. The lowest BCUT2D eigenvalue weighted by Crippen LogP contribution is -2.49. The lowest BCUT2D eigenvalue weighted by Gasteiger charge is -2.36. The van der Waals surface area contributed by atoms with Crippen LogP contribution in [0.2, 0.25) is 0 Å². The fourth-order valence-corrected chi connectivity index (χ4v) is 1.83. The predicted octanol–water partition coefficient (Wildman–Crippen LogP) is 0.783. The third kappa shape index (κ3) is 2.48. The summed E-state index contributed by atoms with van der Waals surface area (Å²) in [5.74, 6) is 0.0629. The highest BCUT2D eigenvalue weighted by Gasteiger charge is 2.29. The minimum atomic E-state index is 0.00169. The Morgan fingerprint density at radius 3 is 2.42 bits per heavy atom. The number of hydrogen-bond donors (Lipinski definition) is 2. The Kier molecular flexibility index (Phi) is 2.73. The van der Waals surface area contributed by atoms with Crippen molar-refractivity contribution in [2.75, 3.05) is 0 Å². The van der Waals surface area contributed by atoms with Crippen LogP contribution in [0.1, 0.15) is 39.5 Å². The summed E-state index contributed by atoms with van der Waals surface area (Å²) < 4.78 is 0. The van der Waals surface area contributed by atoms with E-state index in [1.807, 2.05) is 0 Å². The van der Waals surface area contributed by atoms with Crippen LogP contribution in [0, 0.1) is 0 Å². The zero-order valence-electron chi connectivity index (χ0n) is 7.89. The Bertz CT molecular complexity index is 171. The van der Waals surface area contributed by atoms with E-state index in [1.165, 1.54) is 0 Å². The van der Waals surface area contributed by atoms with E-state index < -0.39 is 0 Å². The van der Waals surface area contributed by atoms with Crippen LogP contribution in [-0.4, -0.2) is 17.5 Å². The molecule has 0 unspecified atom stereocenters. The van der Waals surface area contributed by atoms with E-state index in [1.54, 1.807) is 6.92 Å². The van der Waals surface area contributed by atoms with Crippen molar-refractivity contribution in [1.29, 1.82) is 0 Å². The van der Waals surface area contributed by atoms with Crippen LogP contribution in [-0.2, 0) is 4.79 Å². The van der Waals surface area contributed by atoms with E-state index in [0.717, 1.165) is 25.7 Å². The molecule has 1 aliphatic rings. The molecule has 3 heteroatoms. The summed E-state index contributed by atoms with van der Waals surface area (Å²) in [5, 5.41) is 2.98. The first-order chi connectivity index (χ1) is 5.52. The SMILES string of the molecule is CC(=O)NC1(C)CCC(N)CC1. The van der Waals surface area contributed by atoms with E-state index in [9.17, 15) is 4.79 Å². The fraction of sp³-hybridized carbons (Fsp3) is 0.889. The van der Waals surface area contributed by atoms with Gasteiger partial charge in [0.1, 0.15) is 0 Å². The van der Waals surface area contributed by atoms with Crippen LogP contribution in [0.15, 0.2) is 0 Å². The molecule has 1 rings (SSSR count). The van der Waals surface area contributed by atoms with Crippen molar-refractivity contribution < 1.29 is 4.79 Å². The Morgan fingerprint density at radius 2 is 2.00 bits per heavy atom. The molecule has 0 aromatic heterocycles. The second-order valence-electron chi connectivity index (χ2n) is 4.08. The molecule has 1 saturated carbocycles. The Morgan fingerprint density at radius 1 is 1.50 bits per heavy atom. The lowest BCUT2D eigenvalue weighted by molar-refractivity contribution is -0.121. The Balaban J connectivity index is 2.44. The monoisotopic (exact) mass is 170 g/mol. The van der Waals surface area contributed by atoms with Crippen molar-refractivity contribution in [3.63, 3.8) is 0 Å². The second kappa shape index (κ2) is 3.44. The highest BCUT2D eigenvalue weighted by Crippen LogP contribution is 2.26. The number of rotatable bonds is 1. The van der Waals surface area contributed by atoms with Gasteiger partial charge < -0.3 is 11.1 Å². The summed E-state index contributed by atoms with van der Waals surface area (Å²) in [6.45, 7) is 3.67. The molecule has 1 amide bonds. The maximum atomic E-state index is 10.9. The van der Waals surface area contributed by atoms with Gasteiger partial charge in [0.25, 0.3) is 0 Å². The minimum absolute atomic E-state index is 0.00169. The van der Waals surface area contributed by atoms with Crippen molar-refractivity contribution in [2.45, 2.75) is 51.1 Å². The van der Waals surface area contributed by atoms with Crippen LogP contribution < -0.4 is 11.1 Å². The zero-order valence-corrected chi connectivity index (χ0v) is 7.89. The summed E-state index contributed by atoms with van der Waals surface area (Å²) in [6.07, 6.45) is 4.06. The van der Waals surface area contributed by atoms with Crippen molar-refractivity contribution in [3.8, 4) is 0 Å². The van der Waals surface area contributed by atoms with Gasteiger partial charge in [0.15, 0.2) is 0 Å². The number of carbonyl (C=O) groups is 1. The van der Waals surface area contributed by atoms with Gasteiger partial charge >= 0.3 is 0 Å². The van der Waals surface area contributed by atoms with Gasteiger partial charge in [0.05, 0.1) is 0 Å². The van der Waals surface area contributed by atoms with Gasteiger partial charge in [-0.1, -0.05) is 0 Å². The summed E-state index contributed by atoms with van der Waals surface area (Å²) in [7, 11) is 0. The zero-order chi connectivity index (χ0) is 9.19. The molecule has 70 valence electrons. The summed E-state index contributed by atoms with van der Waals surface area (Å²) >= 11 is 0. The number of amides is 1. The predicted molar refractivity (Wildman–Crippen MR) is 48.7 cm³/mol. The van der Waals surface area contributed by atoms with Crippen molar-refractivity contribution in [2.24, 2.45) is 5.73 Å². The largest absolute Gasteiger partial charge is 0.351 e. The van der Waals surface area contributed by atoms with Crippen LogP contribution >= 0.6 is 0 Å². The van der Waals surface area contributed by atoms with E-state index in [2.05, 4.69) is 12.2 Å². The van der Waals surface area contributed by atoms with Crippen molar-refractivity contribution >= 4 is 5.91 Å². The molecule has 0 radical (unpaired) electrons. The van der Waals surface area contributed by atoms with E-state index in [0.29, 0.717) is 6.04 Å². The van der Waals surface area contributed by atoms with E-state index >= 15 is 0 Å². The van der Waals surface area contributed by atoms with Crippen LogP contribution in [0.25, 0.3) is 0 Å². The molecule has 3 nitrogen and oxygen atoms in total. The third-order valence-electron chi connectivity index (χ3n) is 2.61. The maximum Gasteiger partial charge on any atom is 0.217 e. The molecule has 0 heterocycles. The van der Waals surface area contributed by atoms with E-state index in [4.69, 9.17) is 5.73 Å². The normalized spacial score (nSPS) is 36.1. The van der Waals surface area contributed by atoms with Gasteiger partial charge in [-0.25, -0.2) is 0 Å².